The molecule has 2 N–H and O–H groups in total. The van der Waals surface area contributed by atoms with Crippen molar-refractivity contribution in [3.05, 3.63) is 65.2 Å². The van der Waals surface area contributed by atoms with Gasteiger partial charge in [-0.1, -0.05) is 38.1 Å². The highest BCUT2D eigenvalue weighted by Crippen LogP contribution is 2.45. The fraction of sp³-hybridized carbons (Fsp3) is 0.391. The maximum atomic E-state index is 13.0. The van der Waals surface area contributed by atoms with Gasteiger partial charge in [-0.05, 0) is 54.2 Å². The monoisotopic (exact) mass is 433 g/mol. The lowest BCUT2D eigenvalue weighted by Crippen LogP contribution is -2.44. The van der Waals surface area contributed by atoms with Crippen LogP contribution in [0.2, 0.25) is 0 Å². The van der Waals surface area contributed by atoms with Crippen molar-refractivity contribution >= 4 is 11.9 Å². The molecule has 1 atom stereocenters. The van der Waals surface area contributed by atoms with Crippen LogP contribution in [0.1, 0.15) is 48.2 Å². The van der Waals surface area contributed by atoms with Crippen LogP contribution in [0, 0.1) is 5.92 Å². The van der Waals surface area contributed by atoms with Crippen molar-refractivity contribution in [2.45, 2.75) is 51.6 Å². The van der Waals surface area contributed by atoms with Crippen LogP contribution in [0.4, 0.5) is 8.78 Å². The Morgan fingerprint density at radius 1 is 1.13 bits per heavy atom. The maximum absolute atomic E-state index is 13.0. The van der Waals surface area contributed by atoms with Crippen LogP contribution >= 0.6 is 0 Å². The fourth-order valence-corrected chi connectivity index (χ4v) is 3.42. The van der Waals surface area contributed by atoms with Gasteiger partial charge in [0.1, 0.15) is 11.9 Å². The third-order valence-corrected chi connectivity index (χ3v) is 5.21. The predicted octanol–water partition coefficient (Wildman–Crippen LogP) is 4.33. The summed E-state index contributed by atoms with van der Waals surface area (Å²) in [4.78, 5) is 24.0. The quantitative estimate of drug-likeness (QED) is 0.583. The zero-order chi connectivity index (χ0) is 22.6. The number of ether oxygens (including phenoxy) is 2. The third-order valence-electron chi connectivity index (χ3n) is 5.21. The minimum absolute atomic E-state index is 0.0309. The molecule has 31 heavy (non-hydrogen) atoms. The van der Waals surface area contributed by atoms with E-state index in [-0.39, 0.29) is 29.7 Å². The number of carbonyl (C=O) groups excluding carboxylic acids is 1. The Labute approximate surface area is 179 Å². The lowest BCUT2D eigenvalue weighted by Gasteiger charge is -2.25. The lowest BCUT2D eigenvalue weighted by molar-refractivity contribution is -0.137. The van der Waals surface area contributed by atoms with Gasteiger partial charge in [-0.25, -0.2) is 4.79 Å². The number of amides is 1. The van der Waals surface area contributed by atoms with Crippen molar-refractivity contribution in [1.82, 2.24) is 5.32 Å². The standard InChI is InChI=1S/C23H25F2NO5/c1-14(2)19(30-13-15-4-3-5-18(12-15)31-22(24)25)20(27)26-23(10-11-23)17-8-6-16(7-9-17)21(28)29/h3-9,12,14,19,22H,10-11,13H2,1-2H3,(H,26,27)(H,28,29)/t19-/m1/s1. The second-order valence-corrected chi connectivity index (χ2v) is 7.96. The zero-order valence-corrected chi connectivity index (χ0v) is 17.3. The number of benzene rings is 2. The minimum atomic E-state index is -2.91. The first kappa shape index (κ1) is 22.7. The lowest BCUT2D eigenvalue weighted by atomic mass is 10.0. The average molecular weight is 433 g/mol. The van der Waals surface area contributed by atoms with Gasteiger partial charge in [0.25, 0.3) is 0 Å². The molecule has 0 aliphatic heterocycles. The number of aromatic carboxylic acids is 1. The summed E-state index contributed by atoms with van der Waals surface area (Å²) in [6.07, 6.45) is 0.766. The summed E-state index contributed by atoms with van der Waals surface area (Å²) in [5, 5.41) is 12.1. The topological polar surface area (TPSA) is 84.9 Å². The van der Waals surface area contributed by atoms with E-state index in [2.05, 4.69) is 10.1 Å². The molecule has 166 valence electrons. The Bertz CT molecular complexity index is 926. The zero-order valence-electron chi connectivity index (χ0n) is 17.3. The van der Waals surface area contributed by atoms with Crippen LogP contribution in [0.25, 0.3) is 0 Å². The number of rotatable bonds is 10. The molecule has 0 unspecified atom stereocenters. The second-order valence-electron chi connectivity index (χ2n) is 7.96. The highest BCUT2D eigenvalue weighted by molar-refractivity contribution is 5.87. The molecule has 8 heteroatoms. The average Bonchev–Trinajstić information content (AvgIpc) is 3.48. The van der Waals surface area contributed by atoms with Gasteiger partial charge in [0.2, 0.25) is 5.91 Å². The molecule has 1 amide bonds. The van der Waals surface area contributed by atoms with Gasteiger partial charge in [-0.15, -0.1) is 0 Å². The second kappa shape index (κ2) is 9.43. The third kappa shape index (κ3) is 5.79. The first-order valence-corrected chi connectivity index (χ1v) is 10.0. The summed E-state index contributed by atoms with van der Waals surface area (Å²) in [6.45, 7) is 0.880. The molecule has 1 fully saturated rings. The van der Waals surface area contributed by atoms with Crippen LogP contribution in [0.3, 0.4) is 0 Å². The minimum Gasteiger partial charge on any atom is -0.478 e. The largest absolute Gasteiger partial charge is 0.478 e. The Hall–Kier alpha value is -3.00. The highest BCUT2D eigenvalue weighted by Gasteiger charge is 2.46. The molecule has 0 spiro atoms. The van der Waals surface area contributed by atoms with E-state index in [0.717, 1.165) is 18.4 Å². The van der Waals surface area contributed by atoms with Crippen LogP contribution in [0.15, 0.2) is 48.5 Å². The number of nitrogens with one attached hydrogen (secondary N) is 1. The number of halogens is 2. The van der Waals surface area contributed by atoms with Crippen molar-refractivity contribution < 1.29 is 33.0 Å². The van der Waals surface area contributed by atoms with E-state index in [1.165, 1.54) is 24.3 Å². The van der Waals surface area contributed by atoms with Gasteiger partial charge >= 0.3 is 12.6 Å². The Balaban J connectivity index is 1.65. The fourth-order valence-electron chi connectivity index (χ4n) is 3.42. The number of carboxylic acids is 1. The molecule has 0 radical (unpaired) electrons. The SMILES string of the molecule is CC(C)[C@@H](OCc1cccc(OC(F)F)c1)C(=O)NC1(c2ccc(C(=O)O)cc2)CC1. The molecule has 6 nitrogen and oxygen atoms in total. The van der Waals surface area contributed by atoms with E-state index in [1.807, 2.05) is 13.8 Å². The molecule has 0 saturated heterocycles. The first-order chi connectivity index (χ1) is 14.7. The Morgan fingerprint density at radius 3 is 2.35 bits per heavy atom. The van der Waals surface area contributed by atoms with Gasteiger partial charge < -0.3 is 19.9 Å². The Morgan fingerprint density at radius 2 is 1.81 bits per heavy atom. The summed E-state index contributed by atoms with van der Waals surface area (Å²) in [5.74, 6) is -1.36. The van der Waals surface area contributed by atoms with Gasteiger partial charge in [0, 0.05) is 0 Å². The van der Waals surface area contributed by atoms with E-state index in [9.17, 15) is 18.4 Å². The van der Waals surface area contributed by atoms with E-state index in [4.69, 9.17) is 9.84 Å². The van der Waals surface area contributed by atoms with Crippen molar-refractivity contribution in [2.24, 2.45) is 5.92 Å². The molecule has 0 aromatic heterocycles. The van der Waals surface area contributed by atoms with Crippen LogP contribution < -0.4 is 10.1 Å². The van der Waals surface area contributed by atoms with Crippen molar-refractivity contribution in [1.29, 1.82) is 0 Å². The van der Waals surface area contributed by atoms with Gasteiger partial charge in [-0.2, -0.15) is 8.78 Å². The molecular weight excluding hydrogens is 408 g/mol. The molecular formula is C23H25F2NO5. The van der Waals surface area contributed by atoms with E-state index >= 15 is 0 Å². The predicted molar refractivity (Wildman–Crippen MR) is 109 cm³/mol. The van der Waals surface area contributed by atoms with Crippen molar-refractivity contribution in [2.75, 3.05) is 0 Å². The number of carboxylic acid groups (broad SMARTS) is 1. The van der Waals surface area contributed by atoms with Crippen molar-refractivity contribution in [3.63, 3.8) is 0 Å². The number of hydrogen-bond acceptors (Lipinski definition) is 4. The normalized spacial score (nSPS) is 15.5. The molecule has 2 aromatic carbocycles. The van der Waals surface area contributed by atoms with Crippen molar-refractivity contribution in [3.8, 4) is 5.75 Å². The first-order valence-electron chi connectivity index (χ1n) is 10.0. The summed E-state index contributed by atoms with van der Waals surface area (Å²) < 4.78 is 35.1. The molecule has 1 saturated carbocycles. The summed E-state index contributed by atoms with van der Waals surface area (Å²) in [5.41, 5.74) is 1.13. The molecule has 2 aromatic rings. The molecule has 1 aliphatic carbocycles. The summed E-state index contributed by atoms with van der Waals surface area (Å²) in [7, 11) is 0. The van der Waals surface area contributed by atoms with Crippen LogP contribution in [-0.4, -0.2) is 29.7 Å². The summed E-state index contributed by atoms with van der Waals surface area (Å²) in [6, 6.07) is 12.7. The number of hydrogen-bond donors (Lipinski definition) is 2. The molecule has 1 aliphatic rings. The van der Waals surface area contributed by atoms with E-state index in [0.29, 0.717) is 5.56 Å². The van der Waals surface area contributed by atoms with Crippen LogP contribution in [-0.2, 0) is 21.7 Å². The highest BCUT2D eigenvalue weighted by atomic mass is 19.3. The summed E-state index contributed by atoms with van der Waals surface area (Å²) >= 11 is 0. The number of carbonyl (C=O) groups is 2. The maximum Gasteiger partial charge on any atom is 0.387 e. The van der Waals surface area contributed by atoms with Gasteiger partial charge in [0.15, 0.2) is 0 Å². The molecule has 0 bridgehead atoms. The van der Waals surface area contributed by atoms with Crippen LogP contribution in [0.5, 0.6) is 5.75 Å². The van der Waals surface area contributed by atoms with E-state index in [1.54, 1.807) is 24.3 Å². The van der Waals surface area contributed by atoms with Gasteiger partial charge in [0.05, 0.1) is 17.7 Å². The number of alkyl halides is 2. The van der Waals surface area contributed by atoms with Gasteiger partial charge in [-0.3, -0.25) is 4.79 Å². The Kier molecular flexibility index (Phi) is 6.90. The molecule has 0 heterocycles. The smallest absolute Gasteiger partial charge is 0.387 e. The van der Waals surface area contributed by atoms with E-state index < -0.39 is 24.2 Å². The molecule has 3 rings (SSSR count).